The molecule has 20 heavy (non-hydrogen) atoms. The van der Waals surface area contributed by atoms with Crippen LogP contribution in [0.3, 0.4) is 0 Å². The number of rotatable bonds is 4. The Balaban J connectivity index is 2.11. The Morgan fingerprint density at radius 3 is 2.65 bits per heavy atom. The van der Waals surface area contributed by atoms with Gasteiger partial charge in [0.2, 0.25) is 5.89 Å². The Kier molecular flexibility index (Phi) is 4.08. The maximum absolute atomic E-state index is 12.1. The minimum absolute atomic E-state index is 0.168. The average molecular weight is 298 g/mol. The van der Waals surface area contributed by atoms with Gasteiger partial charge in [0.05, 0.1) is 11.2 Å². The molecule has 1 unspecified atom stereocenters. The van der Waals surface area contributed by atoms with Crippen LogP contribution in [-0.2, 0) is 7.05 Å². The Morgan fingerprint density at radius 1 is 1.45 bits per heavy atom. The predicted molar refractivity (Wildman–Crippen MR) is 72.5 cm³/mol. The predicted octanol–water partition coefficient (Wildman–Crippen LogP) is 2.07. The number of carbonyl (C=O) groups is 1. The number of nitrogens with one attached hydrogen (secondary N) is 1. The van der Waals surface area contributed by atoms with Crippen molar-refractivity contribution in [2.75, 3.05) is 0 Å². The molecule has 8 heteroatoms. The third-order valence-corrected chi connectivity index (χ3v) is 3.08. The zero-order valence-electron chi connectivity index (χ0n) is 11.7. The van der Waals surface area contributed by atoms with Crippen molar-refractivity contribution in [1.82, 2.24) is 25.2 Å². The van der Waals surface area contributed by atoms with Gasteiger partial charge in [-0.1, -0.05) is 30.6 Å². The Morgan fingerprint density at radius 2 is 2.15 bits per heavy atom. The van der Waals surface area contributed by atoms with Gasteiger partial charge in [-0.2, -0.15) is 10.1 Å². The van der Waals surface area contributed by atoms with Crippen LogP contribution < -0.4 is 5.32 Å². The molecule has 1 amide bonds. The largest absolute Gasteiger partial charge is 0.339 e. The SMILES string of the molecule is CC(C)c1noc(C(C)NC(=O)c2c(Cl)cnn2C)n1. The molecule has 108 valence electrons. The molecular weight excluding hydrogens is 282 g/mol. The third kappa shape index (κ3) is 2.82. The summed E-state index contributed by atoms with van der Waals surface area (Å²) in [5.41, 5.74) is 0.294. The number of halogens is 1. The molecule has 0 fully saturated rings. The summed E-state index contributed by atoms with van der Waals surface area (Å²) in [4.78, 5) is 16.4. The van der Waals surface area contributed by atoms with Crippen molar-refractivity contribution in [2.24, 2.45) is 7.05 Å². The molecule has 1 atom stereocenters. The van der Waals surface area contributed by atoms with Gasteiger partial charge >= 0.3 is 0 Å². The van der Waals surface area contributed by atoms with Crippen LogP contribution in [-0.4, -0.2) is 25.8 Å². The van der Waals surface area contributed by atoms with Crippen LogP contribution in [0.2, 0.25) is 5.02 Å². The van der Waals surface area contributed by atoms with Crippen molar-refractivity contribution in [3.8, 4) is 0 Å². The van der Waals surface area contributed by atoms with E-state index >= 15 is 0 Å². The normalized spacial score (nSPS) is 12.7. The fourth-order valence-electron chi connectivity index (χ4n) is 1.65. The molecule has 2 aromatic heterocycles. The van der Waals surface area contributed by atoms with Crippen LogP contribution >= 0.6 is 11.6 Å². The van der Waals surface area contributed by atoms with Crippen molar-refractivity contribution in [1.29, 1.82) is 0 Å². The number of hydrogen-bond acceptors (Lipinski definition) is 5. The van der Waals surface area contributed by atoms with Gasteiger partial charge in [0, 0.05) is 13.0 Å². The highest BCUT2D eigenvalue weighted by molar-refractivity contribution is 6.33. The fourth-order valence-corrected chi connectivity index (χ4v) is 1.90. The molecule has 0 spiro atoms. The molecule has 0 saturated carbocycles. The number of hydrogen-bond donors (Lipinski definition) is 1. The number of aryl methyl sites for hydroxylation is 1. The summed E-state index contributed by atoms with van der Waals surface area (Å²) >= 11 is 5.92. The molecule has 0 aromatic carbocycles. The maximum Gasteiger partial charge on any atom is 0.271 e. The van der Waals surface area contributed by atoms with Gasteiger partial charge in [-0.15, -0.1) is 0 Å². The second kappa shape index (κ2) is 5.62. The topological polar surface area (TPSA) is 85.8 Å². The molecule has 0 aliphatic heterocycles. The number of nitrogens with zero attached hydrogens (tertiary/aromatic N) is 4. The first-order valence-corrected chi connectivity index (χ1v) is 6.59. The first-order valence-electron chi connectivity index (χ1n) is 6.22. The zero-order chi connectivity index (χ0) is 14.9. The summed E-state index contributed by atoms with van der Waals surface area (Å²) in [6.07, 6.45) is 1.42. The van der Waals surface area contributed by atoms with Gasteiger partial charge in [0.15, 0.2) is 5.82 Å². The molecule has 2 aromatic rings. The molecule has 0 saturated heterocycles. The number of amides is 1. The quantitative estimate of drug-likeness (QED) is 0.933. The van der Waals surface area contributed by atoms with Crippen LogP contribution in [0.15, 0.2) is 10.7 Å². The lowest BCUT2D eigenvalue weighted by Crippen LogP contribution is -2.29. The van der Waals surface area contributed by atoms with Crippen molar-refractivity contribution in [3.05, 3.63) is 28.6 Å². The molecule has 0 aliphatic rings. The van der Waals surface area contributed by atoms with Crippen molar-refractivity contribution < 1.29 is 9.32 Å². The van der Waals surface area contributed by atoms with E-state index in [-0.39, 0.29) is 11.8 Å². The van der Waals surface area contributed by atoms with E-state index in [9.17, 15) is 4.79 Å². The summed E-state index contributed by atoms with van der Waals surface area (Å²) in [5, 5.41) is 10.8. The average Bonchev–Trinajstić information content (AvgIpc) is 2.96. The molecule has 0 aliphatic carbocycles. The standard InChI is InChI=1S/C12H16ClN5O2/c1-6(2)10-16-12(20-17-10)7(3)15-11(19)9-8(13)5-14-18(9)4/h5-7H,1-4H3,(H,15,19). The summed E-state index contributed by atoms with van der Waals surface area (Å²) in [6.45, 7) is 5.69. The van der Waals surface area contributed by atoms with E-state index in [4.69, 9.17) is 16.1 Å². The van der Waals surface area contributed by atoms with E-state index in [1.54, 1.807) is 14.0 Å². The van der Waals surface area contributed by atoms with Crippen LogP contribution in [0.4, 0.5) is 0 Å². The smallest absolute Gasteiger partial charge is 0.271 e. The minimum atomic E-state index is -0.409. The molecule has 7 nitrogen and oxygen atoms in total. The van der Waals surface area contributed by atoms with Gasteiger partial charge < -0.3 is 9.84 Å². The highest BCUT2D eigenvalue weighted by atomic mass is 35.5. The Bertz CT molecular complexity index is 600. The first kappa shape index (κ1) is 14.5. The molecule has 0 radical (unpaired) electrons. The van der Waals surface area contributed by atoms with E-state index in [1.165, 1.54) is 10.9 Å². The van der Waals surface area contributed by atoms with Crippen molar-refractivity contribution in [3.63, 3.8) is 0 Å². The van der Waals surface area contributed by atoms with Crippen LogP contribution in [0.5, 0.6) is 0 Å². The number of aromatic nitrogens is 4. The second-order valence-electron chi connectivity index (χ2n) is 4.81. The summed E-state index contributed by atoms with van der Waals surface area (Å²) in [5.74, 6) is 0.800. The van der Waals surface area contributed by atoms with E-state index < -0.39 is 6.04 Å². The van der Waals surface area contributed by atoms with Crippen LogP contribution in [0, 0.1) is 0 Å². The van der Waals surface area contributed by atoms with Gasteiger partial charge in [0.1, 0.15) is 11.7 Å². The lowest BCUT2D eigenvalue weighted by atomic mass is 10.2. The second-order valence-corrected chi connectivity index (χ2v) is 5.21. The maximum atomic E-state index is 12.1. The lowest BCUT2D eigenvalue weighted by Gasteiger charge is -2.10. The molecule has 1 N–H and O–H groups in total. The third-order valence-electron chi connectivity index (χ3n) is 2.80. The van der Waals surface area contributed by atoms with Crippen molar-refractivity contribution in [2.45, 2.75) is 32.7 Å². The molecule has 2 rings (SSSR count). The highest BCUT2D eigenvalue weighted by Gasteiger charge is 2.21. The monoisotopic (exact) mass is 297 g/mol. The van der Waals surface area contributed by atoms with E-state index in [0.717, 1.165) is 0 Å². The van der Waals surface area contributed by atoms with E-state index in [1.807, 2.05) is 13.8 Å². The molecule has 0 bridgehead atoms. The molecular formula is C12H16ClN5O2. The van der Waals surface area contributed by atoms with Gasteiger partial charge in [-0.25, -0.2) is 0 Å². The fraction of sp³-hybridized carbons (Fsp3) is 0.500. The summed E-state index contributed by atoms with van der Waals surface area (Å²) in [6, 6.07) is -0.409. The number of carbonyl (C=O) groups excluding carboxylic acids is 1. The zero-order valence-corrected chi connectivity index (χ0v) is 12.5. The lowest BCUT2D eigenvalue weighted by molar-refractivity contribution is 0.0923. The van der Waals surface area contributed by atoms with Gasteiger partial charge in [-0.3, -0.25) is 9.48 Å². The molecule has 2 heterocycles. The van der Waals surface area contributed by atoms with Crippen molar-refractivity contribution >= 4 is 17.5 Å². The van der Waals surface area contributed by atoms with Gasteiger partial charge in [-0.05, 0) is 6.92 Å². The van der Waals surface area contributed by atoms with Crippen LogP contribution in [0.1, 0.15) is 54.9 Å². The minimum Gasteiger partial charge on any atom is -0.339 e. The summed E-state index contributed by atoms with van der Waals surface area (Å²) in [7, 11) is 1.65. The van der Waals surface area contributed by atoms with E-state index in [2.05, 4.69) is 20.6 Å². The first-order chi connectivity index (χ1) is 9.40. The Labute approximate surface area is 121 Å². The van der Waals surface area contributed by atoms with E-state index in [0.29, 0.717) is 22.4 Å². The van der Waals surface area contributed by atoms with Crippen LogP contribution in [0.25, 0.3) is 0 Å². The summed E-state index contributed by atoms with van der Waals surface area (Å²) < 4.78 is 6.55. The van der Waals surface area contributed by atoms with Gasteiger partial charge in [0.25, 0.3) is 5.91 Å². The highest BCUT2D eigenvalue weighted by Crippen LogP contribution is 2.17. The Hall–Kier alpha value is -1.89.